The maximum atomic E-state index is 13.7. The summed E-state index contributed by atoms with van der Waals surface area (Å²) in [5.41, 5.74) is 3.97. The summed E-state index contributed by atoms with van der Waals surface area (Å²) in [6.07, 6.45) is -1.21. The molecule has 1 saturated heterocycles. The molecule has 1 aliphatic rings. The van der Waals surface area contributed by atoms with Gasteiger partial charge in [0.05, 0.1) is 28.2 Å². The molecule has 2 aromatic rings. The number of hydrogen-bond donors (Lipinski definition) is 5. The molecule has 0 bridgehead atoms. The molecule has 1 aromatic carbocycles. The van der Waals surface area contributed by atoms with Crippen LogP contribution >= 0.6 is 11.3 Å². The number of carboxylic acid groups (broad SMARTS) is 1. The monoisotopic (exact) mass is 615 g/mol. The average Bonchev–Trinajstić information content (AvgIpc) is 3.53. The summed E-state index contributed by atoms with van der Waals surface area (Å²) < 4.78 is 0. The van der Waals surface area contributed by atoms with Crippen LogP contribution in [0, 0.1) is 12.3 Å². The molecular weight excluding hydrogens is 574 g/mol. The minimum absolute atomic E-state index is 0.00137. The summed E-state index contributed by atoms with van der Waals surface area (Å²) >= 11 is 1.56. The average molecular weight is 616 g/mol. The summed E-state index contributed by atoms with van der Waals surface area (Å²) in [4.78, 5) is 68.6. The van der Waals surface area contributed by atoms with Gasteiger partial charge in [-0.15, -0.1) is 11.3 Å². The molecule has 12 nitrogen and oxygen atoms in total. The molecule has 0 radical (unpaired) electrons. The van der Waals surface area contributed by atoms with Gasteiger partial charge in [-0.2, -0.15) is 0 Å². The molecular formula is C30H41N5O7S. The van der Waals surface area contributed by atoms with Crippen LogP contribution in [0.25, 0.3) is 10.4 Å². The third-order valence-corrected chi connectivity index (χ3v) is 8.25. The lowest BCUT2D eigenvalue weighted by Crippen LogP contribution is -2.57. The molecule has 4 unspecified atom stereocenters. The number of nitrogens with zero attached hydrogens (tertiary/aromatic N) is 2. The number of aliphatic hydroxyl groups excluding tert-OH is 1. The van der Waals surface area contributed by atoms with E-state index in [4.69, 9.17) is 5.11 Å². The Morgan fingerprint density at radius 2 is 1.77 bits per heavy atom. The molecule has 4 atom stereocenters. The van der Waals surface area contributed by atoms with Crippen LogP contribution in [-0.4, -0.2) is 81.0 Å². The van der Waals surface area contributed by atoms with Gasteiger partial charge in [-0.3, -0.25) is 24.0 Å². The topological polar surface area (TPSA) is 178 Å². The maximum Gasteiger partial charge on any atom is 0.312 e. The molecule has 43 heavy (non-hydrogen) atoms. The van der Waals surface area contributed by atoms with Crippen LogP contribution in [-0.2, 0) is 24.0 Å². The molecule has 234 valence electrons. The van der Waals surface area contributed by atoms with Gasteiger partial charge in [-0.05, 0) is 36.8 Å². The molecule has 2 heterocycles. The fourth-order valence-electron chi connectivity index (χ4n) is 4.93. The zero-order chi connectivity index (χ0) is 31.9. The third-order valence-electron chi connectivity index (χ3n) is 7.27. The Balaban J connectivity index is 1.62. The number of thiazole rings is 1. The number of benzene rings is 1. The van der Waals surface area contributed by atoms with Gasteiger partial charge in [0.2, 0.25) is 23.6 Å². The molecule has 4 amide bonds. The van der Waals surface area contributed by atoms with E-state index in [1.165, 1.54) is 4.90 Å². The number of aryl methyl sites for hydroxylation is 1. The van der Waals surface area contributed by atoms with Crippen molar-refractivity contribution >= 4 is 40.9 Å². The van der Waals surface area contributed by atoms with Crippen molar-refractivity contribution in [2.75, 3.05) is 13.1 Å². The quantitative estimate of drug-likeness (QED) is 0.178. The van der Waals surface area contributed by atoms with Gasteiger partial charge in [-0.25, -0.2) is 4.98 Å². The lowest BCUT2D eigenvalue weighted by molar-refractivity contribution is -0.144. The van der Waals surface area contributed by atoms with Crippen molar-refractivity contribution in [2.45, 2.75) is 84.5 Å². The van der Waals surface area contributed by atoms with Crippen molar-refractivity contribution in [2.24, 2.45) is 5.41 Å². The molecule has 0 saturated carbocycles. The zero-order valence-corrected chi connectivity index (χ0v) is 26.0. The van der Waals surface area contributed by atoms with Gasteiger partial charge in [0.15, 0.2) is 0 Å². The van der Waals surface area contributed by atoms with Gasteiger partial charge in [0.1, 0.15) is 18.5 Å². The van der Waals surface area contributed by atoms with E-state index in [0.717, 1.165) is 21.7 Å². The maximum absolute atomic E-state index is 13.7. The van der Waals surface area contributed by atoms with Gasteiger partial charge in [0.25, 0.3) is 0 Å². The molecule has 5 N–H and O–H groups in total. The summed E-state index contributed by atoms with van der Waals surface area (Å²) in [7, 11) is 0. The smallest absolute Gasteiger partial charge is 0.312 e. The number of aliphatic hydroxyl groups is 1. The molecule has 1 aromatic heterocycles. The first kappa shape index (κ1) is 33.7. The van der Waals surface area contributed by atoms with Crippen LogP contribution in [0.15, 0.2) is 29.8 Å². The number of carbonyl (C=O) groups excluding carboxylic acids is 4. The summed E-state index contributed by atoms with van der Waals surface area (Å²) in [5.74, 6) is -3.18. The lowest BCUT2D eigenvalue weighted by Gasteiger charge is -2.35. The van der Waals surface area contributed by atoms with Crippen LogP contribution in [0.5, 0.6) is 0 Å². The Hall–Kier alpha value is -3.84. The normalized spacial score (nSPS) is 18.0. The van der Waals surface area contributed by atoms with Crippen molar-refractivity contribution < 1.29 is 34.2 Å². The van der Waals surface area contributed by atoms with E-state index < -0.39 is 59.6 Å². The van der Waals surface area contributed by atoms with Crippen molar-refractivity contribution in [1.29, 1.82) is 0 Å². The molecule has 13 heteroatoms. The molecule has 0 aliphatic carbocycles. The number of hydrogen-bond acceptors (Lipinski definition) is 8. The molecule has 0 spiro atoms. The Kier molecular flexibility index (Phi) is 11.4. The van der Waals surface area contributed by atoms with Gasteiger partial charge in [0, 0.05) is 25.9 Å². The Bertz CT molecular complexity index is 1320. The minimum Gasteiger partial charge on any atom is -0.481 e. The van der Waals surface area contributed by atoms with Crippen LogP contribution < -0.4 is 16.0 Å². The van der Waals surface area contributed by atoms with E-state index >= 15 is 0 Å². The lowest BCUT2D eigenvalue weighted by atomic mass is 9.85. The number of carboxylic acids is 1. The van der Waals surface area contributed by atoms with Crippen molar-refractivity contribution in [3.05, 3.63) is 41.0 Å². The fourth-order valence-corrected chi connectivity index (χ4v) is 5.74. The zero-order valence-electron chi connectivity index (χ0n) is 25.2. The molecule has 3 rings (SSSR count). The Labute approximate surface area is 255 Å². The number of aliphatic carboxylic acids is 1. The Morgan fingerprint density at radius 1 is 1.09 bits per heavy atom. The fraction of sp³-hybridized carbons (Fsp3) is 0.533. The Morgan fingerprint density at radius 3 is 2.35 bits per heavy atom. The first-order valence-electron chi connectivity index (χ1n) is 14.2. The predicted octanol–water partition coefficient (Wildman–Crippen LogP) is 2.16. The summed E-state index contributed by atoms with van der Waals surface area (Å²) in [5, 5.41) is 27.3. The number of β-amino-alcohol motifs (C(OH)–C–C–N with tert-alkyl or cyclic N) is 1. The van der Waals surface area contributed by atoms with Crippen LogP contribution in [0.3, 0.4) is 0 Å². The number of nitrogens with one attached hydrogen (secondary N) is 3. The highest BCUT2D eigenvalue weighted by Crippen LogP contribution is 2.29. The summed E-state index contributed by atoms with van der Waals surface area (Å²) in [6.45, 7) is 9.27. The second kappa shape index (κ2) is 14.6. The standard InChI is InChI=1S/C30H41N5O7S/c1-17(19-8-10-20(11-9-19)26-18(2)32-16-43-26)33-28(41)22-13-21(36)15-35(22)29(42)27(30(3,4)5)34-23(37)7-6-12-31-24(38)14-25(39)40/h8-11,16-17,21-22,27,36H,6-7,12-15H2,1-5H3,(H,31,38)(H,33,41)(H,34,37)(H,39,40). The number of amides is 4. The third kappa shape index (κ3) is 9.32. The van der Waals surface area contributed by atoms with E-state index in [0.29, 0.717) is 0 Å². The second-order valence-corrected chi connectivity index (χ2v) is 12.8. The van der Waals surface area contributed by atoms with Crippen molar-refractivity contribution in [3.8, 4) is 10.4 Å². The van der Waals surface area contributed by atoms with Crippen LogP contribution in [0.4, 0.5) is 0 Å². The second-order valence-electron chi connectivity index (χ2n) is 11.9. The largest absolute Gasteiger partial charge is 0.481 e. The van der Waals surface area contributed by atoms with Gasteiger partial charge >= 0.3 is 5.97 Å². The number of rotatable bonds is 12. The highest BCUT2D eigenvalue weighted by molar-refractivity contribution is 7.13. The van der Waals surface area contributed by atoms with E-state index in [1.807, 2.05) is 38.1 Å². The predicted molar refractivity (Wildman–Crippen MR) is 161 cm³/mol. The number of likely N-dealkylation sites (tertiary alicyclic amines) is 1. The van der Waals surface area contributed by atoms with E-state index in [-0.39, 0.29) is 38.4 Å². The first-order chi connectivity index (χ1) is 20.2. The minimum atomic E-state index is -1.24. The highest BCUT2D eigenvalue weighted by atomic mass is 32.1. The SMILES string of the molecule is Cc1ncsc1-c1ccc(C(C)NC(=O)C2CC(O)CN2C(=O)C(NC(=O)CCCNC(=O)CC(=O)O)C(C)(C)C)cc1. The van der Waals surface area contributed by atoms with Crippen molar-refractivity contribution in [3.63, 3.8) is 0 Å². The van der Waals surface area contributed by atoms with Gasteiger partial charge < -0.3 is 31.1 Å². The number of carbonyl (C=O) groups is 5. The molecule has 1 aliphatic heterocycles. The van der Waals surface area contributed by atoms with E-state index in [2.05, 4.69) is 20.9 Å². The highest BCUT2D eigenvalue weighted by Gasteiger charge is 2.44. The molecule has 1 fully saturated rings. The van der Waals surface area contributed by atoms with E-state index in [1.54, 1.807) is 37.6 Å². The van der Waals surface area contributed by atoms with Crippen LogP contribution in [0.1, 0.15) is 70.7 Å². The first-order valence-corrected chi connectivity index (χ1v) is 15.1. The van der Waals surface area contributed by atoms with Crippen LogP contribution in [0.2, 0.25) is 0 Å². The van der Waals surface area contributed by atoms with Gasteiger partial charge in [-0.1, -0.05) is 45.0 Å². The van der Waals surface area contributed by atoms with Crippen molar-refractivity contribution in [1.82, 2.24) is 25.8 Å². The number of aromatic nitrogens is 1. The summed E-state index contributed by atoms with van der Waals surface area (Å²) in [6, 6.07) is 5.61. The van der Waals surface area contributed by atoms with E-state index in [9.17, 15) is 29.1 Å².